The van der Waals surface area contributed by atoms with Gasteiger partial charge in [0.25, 0.3) is 0 Å². The fraction of sp³-hybridized carbons (Fsp3) is 0. The van der Waals surface area contributed by atoms with Gasteiger partial charge < -0.3 is 4.52 Å². The predicted octanol–water partition coefficient (Wildman–Crippen LogP) is 5.22. The Labute approximate surface area is 120 Å². The normalized spacial score (nSPS) is 11.0. The van der Waals surface area contributed by atoms with Crippen LogP contribution in [0.25, 0.3) is 32.7 Å². The highest BCUT2D eigenvalue weighted by Gasteiger charge is 2.09. The van der Waals surface area contributed by atoms with E-state index in [9.17, 15) is 0 Å². The molecule has 0 bridgehead atoms. The topological polar surface area (TPSA) is 26.0 Å². The summed E-state index contributed by atoms with van der Waals surface area (Å²) in [6, 6.07) is 20.7. The van der Waals surface area contributed by atoms with Crippen molar-refractivity contribution in [2.75, 3.05) is 0 Å². The van der Waals surface area contributed by atoms with Crippen molar-refractivity contribution in [3.05, 3.63) is 66.0 Å². The first-order valence-electron chi connectivity index (χ1n) is 6.40. The zero-order valence-electron chi connectivity index (χ0n) is 10.6. The molecule has 0 saturated heterocycles. The fourth-order valence-corrected chi connectivity index (χ4v) is 2.97. The van der Waals surface area contributed by atoms with Gasteiger partial charge in [0.05, 0.1) is 4.88 Å². The summed E-state index contributed by atoms with van der Waals surface area (Å²) >= 11 is 1.65. The third-order valence-corrected chi connectivity index (χ3v) is 4.20. The fourth-order valence-electron chi connectivity index (χ4n) is 2.29. The van der Waals surface area contributed by atoms with Gasteiger partial charge in [0, 0.05) is 11.6 Å². The molecule has 2 aromatic carbocycles. The highest BCUT2D eigenvalue weighted by atomic mass is 32.1. The van der Waals surface area contributed by atoms with E-state index >= 15 is 0 Å². The number of hydrogen-bond donors (Lipinski definition) is 0. The average Bonchev–Trinajstić information content (AvgIpc) is 3.17. The van der Waals surface area contributed by atoms with Crippen molar-refractivity contribution in [2.24, 2.45) is 0 Å². The highest BCUT2D eigenvalue weighted by molar-refractivity contribution is 7.13. The largest absolute Gasteiger partial charge is 0.355 e. The van der Waals surface area contributed by atoms with Gasteiger partial charge in [-0.1, -0.05) is 47.6 Å². The maximum atomic E-state index is 5.44. The molecule has 0 fully saturated rings. The van der Waals surface area contributed by atoms with Crippen molar-refractivity contribution in [3.63, 3.8) is 0 Å². The second kappa shape index (κ2) is 4.62. The molecule has 0 aliphatic carbocycles. The second-order valence-corrected chi connectivity index (χ2v) is 5.56. The van der Waals surface area contributed by atoms with Gasteiger partial charge >= 0.3 is 0 Å². The molecule has 0 aliphatic rings. The lowest BCUT2D eigenvalue weighted by atomic mass is 10.1. The standard InChI is InChI=1S/C17H11NOS/c1-2-5-13-10-14(8-7-12(13)4-1)15-11-16(19-18-15)17-6-3-9-20-17/h1-11H. The Morgan fingerprint density at radius 1 is 0.850 bits per heavy atom. The Balaban J connectivity index is 1.79. The molecule has 0 amide bonds. The van der Waals surface area contributed by atoms with Crippen LogP contribution in [0.4, 0.5) is 0 Å². The molecule has 4 aromatic rings. The van der Waals surface area contributed by atoms with Crippen molar-refractivity contribution in [1.29, 1.82) is 0 Å². The van der Waals surface area contributed by atoms with Crippen LogP contribution in [0.5, 0.6) is 0 Å². The molecule has 96 valence electrons. The van der Waals surface area contributed by atoms with Crippen LogP contribution in [0.2, 0.25) is 0 Å². The lowest BCUT2D eigenvalue weighted by Crippen LogP contribution is -1.78. The minimum absolute atomic E-state index is 0.822. The van der Waals surface area contributed by atoms with Gasteiger partial charge in [-0.3, -0.25) is 0 Å². The van der Waals surface area contributed by atoms with Crippen LogP contribution in [-0.2, 0) is 0 Å². The number of thiophene rings is 1. The lowest BCUT2D eigenvalue weighted by molar-refractivity contribution is 0.436. The Hall–Kier alpha value is -2.39. The van der Waals surface area contributed by atoms with Crippen molar-refractivity contribution < 1.29 is 4.52 Å². The molecule has 0 N–H and O–H groups in total. The number of rotatable bonds is 2. The monoisotopic (exact) mass is 277 g/mol. The molecule has 20 heavy (non-hydrogen) atoms. The summed E-state index contributed by atoms with van der Waals surface area (Å²) in [5.41, 5.74) is 1.95. The Kier molecular flexibility index (Phi) is 2.64. The zero-order chi connectivity index (χ0) is 13.4. The van der Waals surface area contributed by atoms with E-state index in [1.807, 2.05) is 35.7 Å². The molecule has 4 rings (SSSR count). The summed E-state index contributed by atoms with van der Waals surface area (Å²) in [6.07, 6.45) is 0. The van der Waals surface area contributed by atoms with E-state index in [0.717, 1.165) is 21.9 Å². The minimum Gasteiger partial charge on any atom is -0.355 e. The number of fused-ring (bicyclic) bond motifs is 1. The summed E-state index contributed by atoms with van der Waals surface area (Å²) in [6.45, 7) is 0. The Bertz CT molecular complexity index is 861. The van der Waals surface area contributed by atoms with Crippen LogP contribution in [0, 0.1) is 0 Å². The zero-order valence-corrected chi connectivity index (χ0v) is 11.4. The SMILES string of the molecule is c1csc(-c2cc(-c3ccc4ccccc4c3)no2)c1. The summed E-state index contributed by atoms with van der Waals surface area (Å²) in [5.74, 6) is 0.822. The molecule has 2 heterocycles. The smallest absolute Gasteiger partial charge is 0.177 e. The summed E-state index contributed by atoms with van der Waals surface area (Å²) in [5, 5.41) is 8.66. The molecule has 0 unspecified atom stereocenters. The molecule has 2 aromatic heterocycles. The predicted molar refractivity (Wildman–Crippen MR) is 82.8 cm³/mol. The molecule has 0 saturated carbocycles. The lowest BCUT2D eigenvalue weighted by Gasteiger charge is -1.99. The van der Waals surface area contributed by atoms with Gasteiger partial charge in [-0.25, -0.2) is 0 Å². The van der Waals surface area contributed by atoms with Crippen molar-refractivity contribution in [3.8, 4) is 21.9 Å². The second-order valence-electron chi connectivity index (χ2n) is 4.62. The maximum Gasteiger partial charge on any atom is 0.177 e. The Morgan fingerprint density at radius 2 is 1.75 bits per heavy atom. The van der Waals surface area contributed by atoms with E-state index in [4.69, 9.17) is 4.52 Å². The molecule has 2 nitrogen and oxygen atoms in total. The first-order valence-corrected chi connectivity index (χ1v) is 7.28. The van der Waals surface area contributed by atoms with Crippen LogP contribution >= 0.6 is 11.3 Å². The average molecular weight is 277 g/mol. The van der Waals surface area contributed by atoms with Crippen molar-refractivity contribution in [1.82, 2.24) is 5.16 Å². The molecular formula is C17H11NOS. The van der Waals surface area contributed by atoms with Gasteiger partial charge in [0.1, 0.15) is 5.69 Å². The number of benzene rings is 2. The van der Waals surface area contributed by atoms with E-state index in [1.54, 1.807) is 11.3 Å². The maximum absolute atomic E-state index is 5.44. The van der Waals surface area contributed by atoms with E-state index < -0.39 is 0 Å². The highest BCUT2D eigenvalue weighted by Crippen LogP contribution is 2.30. The first-order chi connectivity index (χ1) is 9.90. The van der Waals surface area contributed by atoms with Crippen molar-refractivity contribution in [2.45, 2.75) is 0 Å². The Morgan fingerprint density at radius 3 is 2.60 bits per heavy atom. The first kappa shape index (κ1) is 11.4. The van der Waals surface area contributed by atoms with E-state index in [2.05, 4.69) is 35.5 Å². The van der Waals surface area contributed by atoms with Crippen molar-refractivity contribution >= 4 is 22.1 Å². The molecule has 0 radical (unpaired) electrons. The third-order valence-electron chi connectivity index (χ3n) is 3.32. The molecular weight excluding hydrogens is 266 g/mol. The van der Waals surface area contributed by atoms with E-state index in [0.29, 0.717) is 0 Å². The summed E-state index contributed by atoms with van der Waals surface area (Å²) in [7, 11) is 0. The van der Waals surface area contributed by atoms with Gasteiger partial charge in [-0.15, -0.1) is 11.3 Å². The van der Waals surface area contributed by atoms with Crippen LogP contribution in [0.3, 0.4) is 0 Å². The van der Waals surface area contributed by atoms with Crippen LogP contribution < -0.4 is 0 Å². The quantitative estimate of drug-likeness (QED) is 0.502. The molecule has 0 atom stereocenters. The van der Waals surface area contributed by atoms with Crippen LogP contribution in [-0.4, -0.2) is 5.16 Å². The minimum atomic E-state index is 0.822. The van der Waals surface area contributed by atoms with Gasteiger partial charge in [-0.05, 0) is 28.3 Å². The van der Waals surface area contributed by atoms with Gasteiger partial charge in [0.15, 0.2) is 5.76 Å². The van der Waals surface area contributed by atoms with Crippen LogP contribution in [0.15, 0.2) is 70.6 Å². The van der Waals surface area contributed by atoms with E-state index in [1.165, 1.54) is 10.8 Å². The summed E-state index contributed by atoms with van der Waals surface area (Å²) < 4.78 is 5.44. The molecule has 0 spiro atoms. The van der Waals surface area contributed by atoms with Gasteiger partial charge in [0.2, 0.25) is 0 Å². The van der Waals surface area contributed by atoms with Crippen LogP contribution in [0.1, 0.15) is 0 Å². The third kappa shape index (κ3) is 1.92. The number of hydrogen-bond acceptors (Lipinski definition) is 3. The number of nitrogens with zero attached hydrogens (tertiary/aromatic N) is 1. The summed E-state index contributed by atoms with van der Waals surface area (Å²) in [4.78, 5) is 1.10. The van der Waals surface area contributed by atoms with E-state index in [-0.39, 0.29) is 0 Å². The number of aromatic nitrogens is 1. The molecule has 3 heteroatoms. The van der Waals surface area contributed by atoms with Gasteiger partial charge in [-0.2, -0.15) is 0 Å². The molecule has 0 aliphatic heterocycles.